The minimum absolute atomic E-state index is 0.0326. The fraction of sp³-hybridized carbons (Fsp3) is 0.379. The third-order valence-electron chi connectivity index (χ3n) is 6.17. The van der Waals surface area contributed by atoms with E-state index in [2.05, 4.69) is 18.3 Å². The number of rotatable bonds is 13. The fourth-order valence-corrected chi connectivity index (χ4v) is 4.92. The summed E-state index contributed by atoms with van der Waals surface area (Å²) in [6.45, 7) is 6.07. The molecule has 0 fully saturated rings. The second-order valence-corrected chi connectivity index (χ2v) is 9.85. The van der Waals surface area contributed by atoms with Gasteiger partial charge in [0.15, 0.2) is 11.5 Å². The molecule has 8 heteroatoms. The zero-order valence-corrected chi connectivity index (χ0v) is 23.0. The van der Waals surface area contributed by atoms with E-state index in [4.69, 9.17) is 9.47 Å². The number of carbonyl (C=O) groups excluding carboxylic acids is 2. The maximum atomic E-state index is 13.6. The van der Waals surface area contributed by atoms with Gasteiger partial charge in [0.2, 0.25) is 5.91 Å². The lowest BCUT2D eigenvalue weighted by Crippen LogP contribution is -2.47. The van der Waals surface area contributed by atoms with Crippen molar-refractivity contribution in [1.29, 1.82) is 0 Å². The maximum absolute atomic E-state index is 13.6. The number of nitrogens with zero attached hydrogens (tertiary/aromatic N) is 2. The van der Waals surface area contributed by atoms with Gasteiger partial charge in [0, 0.05) is 24.5 Å². The lowest BCUT2D eigenvalue weighted by atomic mass is 10.1. The van der Waals surface area contributed by atoms with Crippen molar-refractivity contribution in [2.75, 3.05) is 33.9 Å². The van der Waals surface area contributed by atoms with Gasteiger partial charge in [-0.05, 0) is 60.0 Å². The normalized spacial score (nSPS) is 10.6. The summed E-state index contributed by atoms with van der Waals surface area (Å²) in [6, 6.07) is 17.4. The Morgan fingerprint density at radius 3 is 2.32 bits per heavy atom. The molecule has 1 aromatic heterocycles. The molecular weight excluding hydrogens is 486 g/mol. The number of benzene rings is 2. The molecule has 1 N–H and O–H groups in total. The summed E-state index contributed by atoms with van der Waals surface area (Å²) in [4.78, 5) is 31.1. The van der Waals surface area contributed by atoms with Crippen LogP contribution in [-0.2, 0) is 24.3 Å². The fourth-order valence-electron chi connectivity index (χ4n) is 4.00. The molecule has 0 unspecified atom stereocenters. The highest BCUT2D eigenvalue weighted by Gasteiger charge is 2.22. The molecule has 7 nitrogen and oxygen atoms in total. The SMILES string of the molecule is CCCN(CC(=O)N(CCc1ccc(OC)c(OC)c1)Cc1sccc1C)C(=O)NCc1ccccc1. The zero-order chi connectivity index (χ0) is 26.6. The van der Waals surface area contributed by atoms with E-state index < -0.39 is 0 Å². The summed E-state index contributed by atoms with van der Waals surface area (Å²) in [5.41, 5.74) is 3.23. The summed E-state index contributed by atoms with van der Waals surface area (Å²) in [6.07, 6.45) is 1.42. The highest BCUT2D eigenvalue weighted by atomic mass is 32.1. The Morgan fingerprint density at radius 1 is 0.919 bits per heavy atom. The number of hydrogen-bond acceptors (Lipinski definition) is 5. The predicted octanol–water partition coefficient (Wildman–Crippen LogP) is 5.27. The first-order valence-electron chi connectivity index (χ1n) is 12.5. The molecule has 198 valence electrons. The number of aryl methyl sites for hydroxylation is 1. The zero-order valence-electron chi connectivity index (χ0n) is 22.2. The van der Waals surface area contributed by atoms with E-state index >= 15 is 0 Å². The van der Waals surface area contributed by atoms with E-state index in [9.17, 15) is 9.59 Å². The molecule has 1 heterocycles. The lowest BCUT2D eigenvalue weighted by molar-refractivity contribution is -0.132. The van der Waals surface area contributed by atoms with Crippen LogP contribution in [0, 0.1) is 6.92 Å². The van der Waals surface area contributed by atoms with Crippen LogP contribution in [-0.4, -0.2) is 55.6 Å². The second-order valence-electron chi connectivity index (χ2n) is 8.85. The third-order valence-corrected chi connectivity index (χ3v) is 7.17. The van der Waals surface area contributed by atoms with Gasteiger partial charge in [-0.25, -0.2) is 4.79 Å². The Labute approximate surface area is 224 Å². The third kappa shape index (κ3) is 8.25. The van der Waals surface area contributed by atoms with Gasteiger partial charge in [-0.1, -0.05) is 43.3 Å². The molecule has 0 bridgehead atoms. The molecular formula is C29H37N3O4S. The number of hydrogen-bond donors (Lipinski definition) is 1. The van der Waals surface area contributed by atoms with Crippen LogP contribution < -0.4 is 14.8 Å². The molecule has 0 aliphatic carbocycles. The minimum Gasteiger partial charge on any atom is -0.493 e. The van der Waals surface area contributed by atoms with Gasteiger partial charge in [-0.2, -0.15) is 0 Å². The number of ether oxygens (including phenoxy) is 2. The smallest absolute Gasteiger partial charge is 0.318 e. The van der Waals surface area contributed by atoms with E-state index in [1.807, 2.05) is 65.7 Å². The number of urea groups is 1. The van der Waals surface area contributed by atoms with Crippen LogP contribution in [0.25, 0.3) is 0 Å². The van der Waals surface area contributed by atoms with E-state index in [1.165, 1.54) is 5.56 Å². The van der Waals surface area contributed by atoms with Crippen LogP contribution in [0.1, 0.15) is 34.9 Å². The molecule has 0 saturated carbocycles. The summed E-state index contributed by atoms with van der Waals surface area (Å²) in [5, 5.41) is 5.00. The quantitative estimate of drug-likeness (QED) is 0.332. The van der Waals surface area contributed by atoms with Crippen LogP contribution in [0.15, 0.2) is 60.0 Å². The van der Waals surface area contributed by atoms with Crippen LogP contribution in [0.4, 0.5) is 4.79 Å². The van der Waals surface area contributed by atoms with Crippen molar-refractivity contribution >= 4 is 23.3 Å². The summed E-state index contributed by atoms with van der Waals surface area (Å²) < 4.78 is 10.8. The molecule has 0 aliphatic heterocycles. The number of amides is 3. The monoisotopic (exact) mass is 523 g/mol. The molecule has 37 heavy (non-hydrogen) atoms. The molecule has 3 amide bonds. The molecule has 0 aliphatic rings. The first-order chi connectivity index (χ1) is 17.9. The van der Waals surface area contributed by atoms with Gasteiger partial charge in [-0.15, -0.1) is 11.3 Å². The van der Waals surface area contributed by atoms with E-state index in [-0.39, 0.29) is 18.5 Å². The van der Waals surface area contributed by atoms with Crippen molar-refractivity contribution in [2.45, 2.75) is 39.8 Å². The molecule has 2 aromatic carbocycles. The average molecular weight is 524 g/mol. The molecule has 3 rings (SSSR count). The highest BCUT2D eigenvalue weighted by molar-refractivity contribution is 7.10. The Morgan fingerprint density at radius 2 is 1.68 bits per heavy atom. The van der Waals surface area contributed by atoms with Crippen molar-refractivity contribution in [2.24, 2.45) is 0 Å². The van der Waals surface area contributed by atoms with E-state index in [0.717, 1.165) is 22.4 Å². The Hall–Kier alpha value is -3.52. The Kier molecular flexibility index (Phi) is 10.8. The van der Waals surface area contributed by atoms with Crippen LogP contribution in [0.5, 0.6) is 11.5 Å². The van der Waals surface area contributed by atoms with Crippen LogP contribution in [0.3, 0.4) is 0 Å². The molecule has 0 radical (unpaired) electrons. The summed E-state index contributed by atoms with van der Waals surface area (Å²) >= 11 is 1.65. The van der Waals surface area contributed by atoms with Crippen LogP contribution >= 0.6 is 11.3 Å². The van der Waals surface area contributed by atoms with E-state index in [0.29, 0.717) is 44.1 Å². The van der Waals surface area contributed by atoms with Crippen LogP contribution in [0.2, 0.25) is 0 Å². The second kappa shape index (κ2) is 14.3. The van der Waals surface area contributed by atoms with Crippen molar-refractivity contribution in [1.82, 2.24) is 15.1 Å². The topological polar surface area (TPSA) is 71.1 Å². The van der Waals surface area contributed by atoms with Gasteiger partial charge in [0.05, 0.1) is 20.8 Å². The van der Waals surface area contributed by atoms with E-state index in [1.54, 1.807) is 30.5 Å². The average Bonchev–Trinajstić information content (AvgIpc) is 3.33. The van der Waals surface area contributed by atoms with Gasteiger partial charge >= 0.3 is 6.03 Å². The first-order valence-corrected chi connectivity index (χ1v) is 13.4. The predicted molar refractivity (Wildman–Crippen MR) is 148 cm³/mol. The Balaban J connectivity index is 1.70. The number of methoxy groups -OCH3 is 2. The molecule has 0 atom stereocenters. The first kappa shape index (κ1) is 28.1. The van der Waals surface area contributed by atoms with Gasteiger partial charge in [-0.3, -0.25) is 4.79 Å². The largest absolute Gasteiger partial charge is 0.493 e. The van der Waals surface area contributed by atoms with Gasteiger partial charge in [0.25, 0.3) is 0 Å². The maximum Gasteiger partial charge on any atom is 0.318 e. The summed E-state index contributed by atoms with van der Waals surface area (Å²) in [5.74, 6) is 1.26. The minimum atomic E-state index is -0.230. The number of nitrogens with one attached hydrogen (secondary N) is 1. The van der Waals surface area contributed by atoms with Gasteiger partial charge < -0.3 is 24.6 Å². The lowest BCUT2D eigenvalue weighted by Gasteiger charge is -2.28. The van der Waals surface area contributed by atoms with Gasteiger partial charge in [0.1, 0.15) is 6.54 Å². The van der Waals surface area contributed by atoms with Crippen molar-refractivity contribution in [3.8, 4) is 11.5 Å². The Bertz CT molecular complexity index is 1150. The standard InChI is InChI=1S/C29H37N3O4S/c1-5-15-32(29(34)30-19-24-9-7-6-8-10-24)21-28(33)31(20-27-22(2)14-17-37-27)16-13-23-11-12-25(35-3)26(18-23)36-4/h6-12,14,17-18H,5,13,15-16,19-21H2,1-4H3,(H,30,34). The highest BCUT2D eigenvalue weighted by Crippen LogP contribution is 2.28. The molecule has 0 spiro atoms. The molecule has 3 aromatic rings. The summed E-state index contributed by atoms with van der Waals surface area (Å²) in [7, 11) is 3.22. The number of thiophene rings is 1. The van der Waals surface area contributed by atoms with Crippen molar-refractivity contribution < 1.29 is 19.1 Å². The number of carbonyl (C=O) groups is 2. The molecule has 0 saturated heterocycles. The van der Waals surface area contributed by atoms with Crippen molar-refractivity contribution in [3.05, 3.63) is 81.5 Å². The van der Waals surface area contributed by atoms with Crippen molar-refractivity contribution in [3.63, 3.8) is 0 Å².